The molecule has 0 fully saturated rings. The molecule has 0 aliphatic heterocycles. The highest BCUT2D eigenvalue weighted by Gasteiger charge is 2.13. The molecule has 5 heteroatoms. The first-order chi connectivity index (χ1) is 7.26. The third-order valence-electron chi connectivity index (χ3n) is 1.32. The molecule has 0 aliphatic carbocycles. The van der Waals surface area contributed by atoms with E-state index in [1.807, 2.05) is 20.8 Å². The van der Waals surface area contributed by atoms with Gasteiger partial charge in [0, 0.05) is 6.21 Å². The van der Waals surface area contributed by atoms with E-state index in [1.54, 1.807) is 6.08 Å². The fourth-order valence-corrected chi connectivity index (χ4v) is 0.973. The van der Waals surface area contributed by atoms with Crippen LogP contribution in [0.3, 0.4) is 0 Å². The van der Waals surface area contributed by atoms with Gasteiger partial charge in [0.1, 0.15) is 5.60 Å². The molecule has 0 aliphatic rings. The number of hydrogen-bond donors (Lipinski definition) is 2. The van der Waals surface area contributed by atoms with Gasteiger partial charge in [-0.1, -0.05) is 18.2 Å². The van der Waals surface area contributed by atoms with Gasteiger partial charge < -0.3 is 15.9 Å². The van der Waals surface area contributed by atoms with Crippen molar-refractivity contribution < 1.29 is 4.74 Å². The lowest BCUT2D eigenvalue weighted by Crippen LogP contribution is -2.25. The quantitative estimate of drug-likeness (QED) is 0.256. The van der Waals surface area contributed by atoms with Crippen LogP contribution in [0, 0.1) is 0 Å². The standard InChI is InChI=1S/C11H18ClN3O/c1-8(12)10(6-7-14-13)15-9(2)16-11(3,4)5/h6-7,15H,1-2,13H2,3-5H3/b10-6+,14-7+. The van der Waals surface area contributed by atoms with Gasteiger partial charge >= 0.3 is 0 Å². The summed E-state index contributed by atoms with van der Waals surface area (Å²) in [5, 5.41) is 6.52. The van der Waals surface area contributed by atoms with E-state index in [1.165, 1.54) is 6.21 Å². The third kappa shape index (κ3) is 6.95. The molecule has 90 valence electrons. The van der Waals surface area contributed by atoms with E-state index in [0.29, 0.717) is 16.6 Å². The molecule has 3 N–H and O–H groups in total. The van der Waals surface area contributed by atoms with Crippen LogP contribution in [0.25, 0.3) is 0 Å². The van der Waals surface area contributed by atoms with Crippen LogP contribution < -0.4 is 11.2 Å². The minimum Gasteiger partial charge on any atom is -0.474 e. The summed E-state index contributed by atoms with van der Waals surface area (Å²) >= 11 is 5.77. The summed E-state index contributed by atoms with van der Waals surface area (Å²) in [6.07, 6.45) is 2.97. The van der Waals surface area contributed by atoms with Gasteiger partial charge in [-0.2, -0.15) is 5.10 Å². The van der Waals surface area contributed by atoms with Crippen LogP contribution in [0.15, 0.2) is 40.9 Å². The van der Waals surface area contributed by atoms with Gasteiger partial charge in [-0.3, -0.25) is 0 Å². The molecule has 16 heavy (non-hydrogen) atoms. The Morgan fingerprint density at radius 2 is 2.00 bits per heavy atom. The summed E-state index contributed by atoms with van der Waals surface area (Å²) in [6.45, 7) is 13.1. The molecule has 0 unspecified atom stereocenters. The first-order valence-corrected chi connectivity index (χ1v) is 5.07. The van der Waals surface area contributed by atoms with Crippen molar-refractivity contribution in [2.45, 2.75) is 26.4 Å². The Labute approximate surface area is 101 Å². The number of nitrogens with two attached hydrogens (primary N) is 1. The van der Waals surface area contributed by atoms with E-state index >= 15 is 0 Å². The van der Waals surface area contributed by atoms with Crippen molar-refractivity contribution in [3.8, 4) is 0 Å². The lowest BCUT2D eigenvalue weighted by Gasteiger charge is -2.23. The number of nitrogens with zero attached hydrogens (tertiary/aromatic N) is 1. The van der Waals surface area contributed by atoms with Crippen molar-refractivity contribution in [2.24, 2.45) is 10.9 Å². The van der Waals surface area contributed by atoms with Crippen LogP contribution in [0.2, 0.25) is 0 Å². The molecule has 0 aromatic carbocycles. The molecule has 4 nitrogen and oxygen atoms in total. The minimum atomic E-state index is -0.329. The topological polar surface area (TPSA) is 59.6 Å². The van der Waals surface area contributed by atoms with Crippen molar-refractivity contribution in [2.75, 3.05) is 0 Å². The van der Waals surface area contributed by atoms with Crippen molar-refractivity contribution in [3.05, 3.63) is 35.8 Å². The zero-order valence-electron chi connectivity index (χ0n) is 9.88. The normalized spacial score (nSPS) is 12.6. The number of hydrogen-bond acceptors (Lipinski definition) is 4. The zero-order chi connectivity index (χ0) is 12.8. The summed E-state index contributed by atoms with van der Waals surface area (Å²) in [7, 11) is 0. The van der Waals surface area contributed by atoms with Crippen molar-refractivity contribution in [1.82, 2.24) is 5.32 Å². The van der Waals surface area contributed by atoms with Crippen molar-refractivity contribution in [3.63, 3.8) is 0 Å². The van der Waals surface area contributed by atoms with Crippen LogP contribution in [0.5, 0.6) is 0 Å². The highest BCUT2D eigenvalue weighted by molar-refractivity contribution is 6.31. The summed E-state index contributed by atoms with van der Waals surface area (Å²) in [5.74, 6) is 5.36. The molecule has 0 rings (SSSR count). The lowest BCUT2D eigenvalue weighted by atomic mass is 10.2. The second kappa shape index (κ2) is 6.23. The Morgan fingerprint density at radius 1 is 1.44 bits per heavy atom. The fraction of sp³-hybridized carbons (Fsp3) is 0.364. The fourth-order valence-electron chi connectivity index (χ4n) is 0.863. The molecule has 0 radical (unpaired) electrons. The van der Waals surface area contributed by atoms with Crippen LogP contribution >= 0.6 is 11.6 Å². The Morgan fingerprint density at radius 3 is 2.38 bits per heavy atom. The molecule has 0 bridgehead atoms. The Kier molecular flexibility index (Phi) is 5.67. The molecule has 0 atom stereocenters. The van der Waals surface area contributed by atoms with Gasteiger partial charge in [-0.25, -0.2) is 0 Å². The van der Waals surface area contributed by atoms with E-state index in [2.05, 4.69) is 23.6 Å². The van der Waals surface area contributed by atoms with Gasteiger partial charge in [0.15, 0.2) is 5.88 Å². The van der Waals surface area contributed by atoms with Gasteiger partial charge in [0.2, 0.25) is 0 Å². The monoisotopic (exact) mass is 243 g/mol. The Bertz CT molecular complexity index is 327. The molecule has 0 aromatic rings. The predicted octanol–water partition coefficient (Wildman–Crippen LogP) is 2.44. The van der Waals surface area contributed by atoms with E-state index in [0.717, 1.165) is 0 Å². The number of halogens is 1. The van der Waals surface area contributed by atoms with Gasteiger partial charge in [-0.05, 0) is 33.4 Å². The van der Waals surface area contributed by atoms with E-state index in [4.69, 9.17) is 22.2 Å². The smallest absolute Gasteiger partial charge is 0.184 e. The molecule has 0 saturated heterocycles. The Balaban J connectivity index is 4.54. The van der Waals surface area contributed by atoms with Gasteiger partial charge in [0.25, 0.3) is 0 Å². The summed E-state index contributed by atoms with van der Waals surface area (Å²) < 4.78 is 5.48. The highest BCUT2D eigenvalue weighted by Crippen LogP contribution is 2.14. The molecular formula is C11H18ClN3O. The van der Waals surface area contributed by atoms with Crippen LogP contribution in [0.4, 0.5) is 0 Å². The summed E-state index contributed by atoms with van der Waals surface area (Å²) in [4.78, 5) is 0. The predicted molar refractivity (Wildman–Crippen MR) is 68.9 cm³/mol. The lowest BCUT2D eigenvalue weighted by molar-refractivity contribution is 0.0444. The maximum absolute atomic E-state index is 5.77. The number of rotatable bonds is 5. The number of nitrogens with one attached hydrogen (secondary N) is 1. The zero-order valence-corrected chi connectivity index (χ0v) is 10.6. The maximum atomic E-state index is 5.77. The first kappa shape index (κ1) is 14.6. The van der Waals surface area contributed by atoms with Gasteiger partial charge in [0.05, 0.1) is 10.7 Å². The number of hydrazone groups is 1. The molecule has 0 aromatic heterocycles. The Hall–Kier alpha value is -1.42. The summed E-state index contributed by atoms with van der Waals surface area (Å²) in [5.41, 5.74) is 0.204. The van der Waals surface area contributed by atoms with Crippen LogP contribution in [0.1, 0.15) is 20.8 Å². The highest BCUT2D eigenvalue weighted by atomic mass is 35.5. The maximum Gasteiger partial charge on any atom is 0.184 e. The molecule has 0 spiro atoms. The average molecular weight is 244 g/mol. The summed E-state index contributed by atoms with van der Waals surface area (Å²) in [6, 6.07) is 0. The van der Waals surface area contributed by atoms with Gasteiger partial charge in [-0.15, -0.1) is 0 Å². The first-order valence-electron chi connectivity index (χ1n) is 4.69. The molecule has 0 saturated carbocycles. The number of ether oxygens (including phenoxy) is 1. The van der Waals surface area contributed by atoms with Crippen molar-refractivity contribution in [1.29, 1.82) is 0 Å². The second-order valence-electron chi connectivity index (χ2n) is 4.05. The molecule has 0 amide bonds. The second-order valence-corrected chi connectivity index (χ2v) is 4.50. The van der Waals surface area contributed by atoms with E-state index < -0.39 is 0 Å². The largest absolute Gasteiger partial charge is 0.474 e. The molecular weight excluding hydrogens is 226 g/mol. The van der Waals surface area contributed by atoms with E-state index in [-0.39, 0.29) is 5.60 Å². The minimum absolute atomic E-state index is 0.318. The van der Waals surface area contributed by atoms with Crippen LogP contribution in [-0.4, -0.2) is 11.8 Å². The SMILES string of the molecule is C=C(N/C(=C/C=N/N)C(=C)Cl)OC(C)(C)C. The van der Waals surface area contributed by atoms with Crippen molar-refractivity contribution >= 4 is 17.8 Å². The van der Waals surface area contributed by atoms with Crippen LogP contribution in [-0.2, 0) is 4.74 Å². The van der Waals surface area contributed by atoms with E-state index in [9.17, 15) is 0 Å². The average Bonchev–Trinajstić information content (AvgIpc) is 2.08. The number of allylic oxidation sites excluding steroid dienone is 2. The molecule has 0 heterocycles. The third-order valence-corrected chi connectivity index (χ3v) is 1.53.